The Morgan fingerprint density at radius 1 is 1.09 bits per heavy atom. The zero-order valence-electron chi connectivity index (χ0n) is 13.2. The molecule has 5 nitrogen and oxygen atoms in total. The topological polar surface area (TPSA) is 64.6 Å². The maximum atomic E-state index is 12.2. The molecule has 0 unspecified atom stereocenters. The molecular formula is C18H19NO4. The van der Waals surface area contributed by atoms with Gasteiger partial charge in [-0.1, -0.05) is 24.3 Å². The normalized spacial score (nSPS) is 10.0. The molecule has 0 fully saturated rings. The van der Waals surface area contributed by atoms with Gasteiger partial charge >= 0.3 is 5.97 Å². The number of benzene rings is 2. The van der Waals surface area contributed by atoms with Crippen molar-refractivity contribution >= 4 is 11.9 Å². The number of aryl methyl sites for hydroxylation is 1. The van der Waals surface area contributed by atoms with E-state index in [1.165, 1.54) is 6.92 Å². The van der Waals surface area contributed by atoms with Gasteiger partial charge in [0, 0.05) is 6.92 Å². The maximum absolute atomic E-state index is 12.2. The minimum absolute atomic E-state index is 0.247. The summed E-state index contributed by atoms with van der Waals surface area (Å²) in [7, 11) is 0. The van der Waals surface area contributed by atoms with Crippen LogP contribution in [0.25, 0.3) is 0 Å². The lowest BCUT2D eigenvalue weighted by atomic mass is 10.2. The molecule has 2 rings (SSSR count). The summed E-state index contributed by atoms with van der Waals surface area (Å²) in [5.41, 5.74) is 1.43. The van der Waals surface area contributed by atoms with Gasteiger partial charge in [0.25, 0.3) is 5.91 Å². The number of rotatable bonds is 6. The Hall–Kier alpha value is -2.82. The number of hydrogen-bond acceptors (Lipinski definition) is 4. The van der Waals surface area contributed by atoms with E-state index in [0.717, 1.165) is 11.3 Å². The summed E-state index contributed by atoms with van der Waals surface area (Å²) in [4.78, 5) is 23.2. The van der Waals surface area contributed by atoms with E-state index in [1.54, 1.807) is 24.3 Å². The Labute approximate surface area is 135 Å². The van der Waals surface area contributed by atoms with Crippen molar-refractivity contribution in [2.45, 2.75) is 13.8 Å². The highest BCUT2D eigenvalue weighted by Crippen LogP contribution is 2.18. The number of ether oxygens (including phenoxy) is 2. The molecule has 23 heavy (non-hydrogen) atoms. The summed E-state index contributed by atoms with van der Waals surface area (Å²) < 4.78 is 10.6. The second-order valence-corrected chi connectivity index (χ2v) is 5.01. The van der Waals surface area contributed by atoms with Crippen molar-refractivity contribution in [2.75, 3.05) is 13.2 Å². The summed E-state index contributed by atoms with van der Waals surface area (Å²) in [5.74, 6) is 0.236. The summed E-state index contributed by atoms with van der Waals surface area (Å²) in [6.45, 7) is 3.98. The molecule has 0 aromatic heterocycles. The van der Waals surface area contributed by atoms with Gasteiger partial charge in [0.1, 0.15) is 18.1 Å². The average molecular weight is 313 g/mol. The molecule has 2 aromatic rings. The highest BCUT2D eigenvalue weighted by molar-refractivity contribution is 5.97. The molecule has 0 aliphatic rings. The van der Waals surface area contributed by atoms with Crippen LogP contribution in [-0.2, 0) is 4.79 Å². The third-order valence-electron chi connectivity index (χ3n) is 3.03. The fourth-order valence-electron chi connectivity index (χ4n) is 2.03. The highest BCUT2D eigenvalue weighted by atomic mass is 16.5. The third kappa shape index (κ3) is 5.14. The first kappa shape index (κ1) is 16.5. The molecule has 0 aliphatic carbocycles. The summed E-state index contributed by atoms with van der Waals surface area (Å²) in [5, 5.41) is 2.74. The number of para-hydroxylation sites is 1. The minimum Gasteiger partial charge on any atom is -0.492 e. The minimum atomic E-state index is -0.465. The van der Waals surface area contributed by atoms with Gasteiger partial charge in [-0.3, -0.25) is 9.59 Å². The number of amides is 1. The zero-order chi connectivity index (χ0) is 16.7. The summed E-state index contributed by atoms with van der Waals surface area (Å²) in [6, 6.07) is 14.3. The Balaban J connectivity index is 1.86. The van der Waals surface area contributed by atoms with Crippen LogP contribution in [0, 0.1) is 6.92 Å². The molecular weight excluding hydrogens is 294 g/mol. The van der Waals surface area contributed by atoms with E-state index in [2.05, 4.69) is 5.32 Å². The molecule has 120 valence electrons. The van der Waals surface area contributed by atoms with Gasteiger partial charge in [-0.15, -0.1) is 0 Å². The van der Waals surface area contributed by atoms with Gasteiger partial charge in [-0.2, -0.15) is 0 Å². The van der Waals surface area contributed by atoms with Crippen LogP contribution < -0.4 is 14.8 Å². The smallest absolute Gasteiger partial charge is 0.308 e. The van der Waals surface area contributed by atoms with E-state index < -0.39 is 5.97 Å². The van der Waals surface area contributed by atoms with Gasteiger partial charge in [0.15, 0.2) is 0 Å². The predicted octanol–water partition coefficient (Wildman–Crippen LogP) is 2.73. The molecule has 0 aliphatic heterocycles. The molecule has 0 saturated carbocycles. The van der Waals surface area contributed by atoms with Gasteiger partial charge in [-0.05, 0) is 36.8 Å². The predicted molar refractivity (Wildman–Crippen MR) is 86.8 cm³/mol. The van der Waals surface area contributed by atoms with Crippen LogP contribution in [0.1, 0.15) is 22.8 Å². The molecule has 1 N–H and O–H groups in total. The molecule has 0 radical (unpaired) electrons. The maximum Gasteiger partial charge on any atom is 0.308 e. The van der Waals surface area contributed by atoms with Gasteiger partial charge in [0.05, 0.1) is 12.1 Å². The fourth-order valence-corrected chi connectivity index (χ4v) is 2.03. The molecule has 0 saturated heterocycles. The molecule has 0 spiro atoms. The van der Waals surface area contributed by atoms with Crippen molar-refractivity contribution in [3.63, 3.8) is 0 Å². The number of carbonyl (C=O) groups is 2. The van der Waals surface area contributed by atoms with Crippen LogP contribution in [0.2, 0.25) is 0 Å². The number of esters is 1. The SMILES string of the molecule is CC(=O)Oc1ccccc1C(=O)NCCOc1cccc(C)c1. The van der Waals surface area contributed by atoms with Gasteiger partial charge < -0.3 is 14.8 Å². The van der Waals surface area contributed by atoms with E-state index in [9.17, 15) is 9.59 Å². The standard InChI is InChI=1S/C18H19NO4/c1-13-6-5-7-15(12-13)22-11-10-19-18(21)16-8-3-4-9-17(16)23-14(2)20/h3-9,12H,10-11H2,1-2H3,(H,19,21). The zero-order valence-corrected chi connectivity index (χ0v) is 13.2. The monoisotopic (exact) mass is 313 g/mol. The summed E-state index contributed by atoms with van der Waals surface area (Å²) in [6.07, 6.45) is 0. The van der Waals surface area contributed by atoms with E-state index in [-0.39, 0.29) is 11.7 Å². The van der Waals surface area contributed by atoms with Crippen LogP contribution in [0.4, 0.5) is 0 Å². The van der Waals surface area contributed by atoms with E-state index >= 15 is 0 Å². The van der Waals surface area contributed by atoms with Crippen molar-refractivity contribution in [3.05, 3.63) is 59.7 Å². The van der Waals surface area contributed by atoms with Crippen LogP contribution in [0.15, 0.2) is 48.5 Å². The van der Waals surface area contributed by atoms with Gasteiger partial charge in [0.2, 0.25) is 0 Å². The lowest BCUT2D eigenvalue weighted by Crippen LogP contribution is -2.28. The molecule has 2 aromatic carbocycles. The first-order chi connectivity index (χ1) is 11.1. The van der Waals surface area contributed by atoms with Crippen LogP contribution in [-0.4, -0.2) is 25.0 Å². The molecule has 1 amide bonds. The molecule has 5 heteroatoms. The second kappa shape index (κ2) is 7.98. The highest BCUT2D eigenvalue weighted by Gasteiger charge is 2.12. The van der Waals surface area contributed by atoms with E-state index in [1.807, 2.05) is 31.2 Å². The summed E-state index contributed by atoms with van der Waals surface area (Å²) >= 11 is 0. The first-order valence-electron chi connectivity index (χ1n) is 7.31. The van der Waals surface area contributed by atoms with Crippen molar-refractivity contribution in [1.29, 1.82) is 0 Å². The van der Waals surface area contributed by atoms with Crippen molar-refractivity contribution < 1.29 is 19.1 Å². The van der Waals surface area contributed by atoms with Crippen molar-refractivity contribution in [1.82, 2.24) is 5.32 Å². The van der Waals surface area contributed by atoms with Crippen LogP contribution >= 0.6 is 0 Å². The molecule has 0 heterocycles. The lowest BCUT2D eigenvalue weighted by molar-refractivity contribution is -0.131. The fraction of sp³-hybridized carbons (Fsp3) is 0.222. The van der Waals surface area contributed by atoms with Crippen LogP contribution in [0.5, 0.6) is 11.5 Å². The van der Waals surface area contributed by atoms with Crippen molar-refractivity contribution in [3.8, 4) is 11.5 Å². The largest absolute Gasteiger partial charge is 0.492 e. The number of carbonyl (C=O) groups excluding carboxylic acids is 2. The molecule has 0 bridgehead atoms. The average Bonchev–Trinajstić information content (AvgIpc) is 2.51. The second-order valence-electron chi connectivity index (χ2n) is 5.01. The Morgan fingerprint density at radius 3 is 2.61 bits per heavy atom. The van der Waals surface area contributed by atoms with E-state index in [4.69, 9.17) is 9.47 Å². The van der Waals surface area contributed by atoms with Crippen LogP contribution in [0.3, 0.4) is 0 Å². The first-order valence-corrected chi connectivity index (χ1v) is 7.31. The van der Waals surface area contributed by atoms with Crippen molar-refractivity contribution in [2.24, 2.45) is 0 Å². The quantitative estimate of drug-likeness (QED) is 0.506. The number of nitrogens with one attached hydrogen (secondary N) is 1. The molecule has 0 atom stereocenters. The third-order valence-corrected chi connectivity index (χ3v) is 3.03. The van der Waals surface area contributed by atoms with E-state index in [0.29, 0.717) is 18.7 Å². The Bertz CT molecular complexity index is 697. The number of hydrogen-bond donors (Lipinski definition) is 1. The van der Waals surface area contributed by atoms with Gasteiger partial charge in [-0.25, -0.2) is 0 Å². The lowest BCUT2D eigenvalue weighted by Gasteiger charge is -2.10. The Morgan fingerprint density at radius 2 is 1.87 bits per heavy atom. The Kier molecular flexibility index (Phi) is 5.74.